The first-order valence-electron chi connectivity index (χ1n) is 9.91. The molecule has 0 aliphatic carbocycles. The summed E-state index contributed by atoms with van der Waals surface area (Å²) in [5.41, 5.74) is 0.582. The van der Waals surface area contributed by atoms with E-state index < -0.39 is 11.2 Å². The maximum absolute atomic E-state index is 13.4. The van der Waals surface area contributed by atoms with Crippen molar-refractivity contribution in [1.82, 2.24) is 14.1 Å². The zero-order valence-electron chi connectivity index (χ0n) is 17.6. The zero-order valence-corrected chi connectivity index (χ0v) is 17.6. The van der Waals surface area contributed by atoms with Gasteiger partial charge in [-0.15, -0.1) is 0 Å². The van der Waals surface area contributed by atoms with Gasteiger partial charge in [-0.05, 0) is 38.0 Å². The van der Waals surface area contributed by atoms with E-state index >= 15 is 0 Å². The van der Waals surface area contributed by atoms with Gasteiger partial charge in [0.05, 0.1) is 24.3 Å². The number of aromatic nitrogens is 3. The minimum atomic E-state index is -0.513. The summed E-state index contributed by atoms with van der Waals surface area (Å²) >= 11 is 0. The summed E-state index contributed by atoms with van der Waals surface area (Å²) in [6, 6.07) is 5.97. The third kappa shape index (κ3) is 4.82. The summed E-state index contributed by atoms with van der Waals surface area (Å²) in [5, 5.41) is 0.265. The van der Waals surface area contributed by atoms with Gasteiger partial charge in [0.15, 0.2) is 0 Å². The van der Waals surface area contributed by atoms with Gasteiger partial charge in [0.2, 0.25) is 0 Å². The van der Waals surface area contributed by atoms with Crippen molar-refractivity contribution in [2.75, 3.05) is 6.61 Å². The topological polar surface area (TPSA) is 92.4 Å². The molecule has 0 bridgehead atoms. The Bertz CT molecular complexity index is 1200. The van der Waals surface area contributed by atoms with Crippen molar-refractivity contribution in [3.05, 3.63) is 68.2 Å². The van der Waals surface area contributed by atoms with Crippen molar-refractivity contribution in [2.24, 2.45) is 7.05 Å². The molecule has 0 saturated carbocycles. The standard InChI is InChI=1S/C22H24FN3O5/c1-14(2)31-18-12-24-20-19(17(18)11-15-5-7-16(23)8-6-15)21(28)26(22(29)25(20)3)9-4-10-30-13-27/h5-8,12-14H,4,9-11H2,1-3H3. The third-order valence-electron chi connectivity index (χ3n) is 4.79. The number of pyridine rings is 1. The Balaban J connectivity index is 2.21. The van der Waals surface area contributed by atoms with Gasteiger partial charge in [-0.1, -0.05) is 12.1 Å². The number of carbonyl (C=O) groups is 1. The van der Waals surface area contributed by atoms with Crippen LogP contribution in [0.15, 0.2) is 40.1 Å². The summed E-state index contributed by atoms with van der Waals surface area (Å²) in [5.74, 6) is 0.0719. The molecule has 0 fully saturated rings. The maximum atomic E-state index is 13.4. The van der Waals surface area contributed by atoms with Crippen LogP contribution in [0.5, 0.6) is 5.75 Å². The van der Waals surface area contributed by atoms with Gasteiger partial charge >= 0.3 is 5.69 Å². The van der Waals surface area contributed by atoms with Crippen LogP contribution in [0.2, 0.25) is 0 Å². The molecule has 1 aromatic carbocycles. The monoisotopic (exact) mass is 429 g/mol. The van der Waals surface area contributed by atoms with Crippen LogP contribution in [-0.4, -0.2) is 33.3 Å². The summed E-state index contributed by atoms with van der Waals surface area (Å²) in [6.07, 6.45) is 1.94. The van der Waals surface area contributed by atoms with Crippen LogP contribution in [0, 0.1) is 5.82 Å². The highest BCUT2D eigenvalue weighted by atomic mass is 19.1. The molecule has 0 aliphatic heterocycles. The van der Waals surface area contributed by atoms with Gasteiger partial charge < -0.3 is 9.47 Å². The average molecular weight is 429 g/mol. The number of aryl methyl sites for hydroxylation is 1. The Morgan fingerprint density at radius 1 is 1.19 bits per heavy atom. The van der Waals surface area contributed by atoms with Crippen molar-refractivity contribution in [2.45, 2.75) is 39.3 Å². The molecule has 0 radical (unpaired) electrons. The van der Waals surface area contributed by atoms with Gasteiger partial charge in [0.25, 0.3) is 12.0 Å². The van der Waals surface area contributed by atoms with E-state index in [9.17, 15) is 18.8 Å². The summed E-state index contributed by atoms with van der Waals surface area (Å²) < 4.78 is 26.3. The number of carbonyl (C=O) groups excluding carboxylic acids is 1. The summed E-state index contributed by atoms with van der Waals surface area (Å²) in [4.78, 5) is 40.7. The van der Waals surface area contributed by atoms with Crippen LogP contribution in [-0.2, 0) is 29.5 Å². The molecule has 0 saturated heterocycles. The van der Waals surface area contributed by atoms with Gasteiger partial charge in [-0.3, -0.25) is 18.7 Å². The summed E-state index contributed by atoms with van der Waals surface area (Å²) in [7, 11) is 1.54. The predicted molar refractivity (Wildman–Crippen MR) is 113 cm³/mol. The molecular weight excluding hydrogens is 405 g/mol. The normalized spacial score (nSPS) is 11.1. The van der Waals surface area contributed by atoms with Gasteiger partial charge in [-0.2, -0.15) is 0 Å². The molecule has 9 heteroatoms. The van der Waals surface area contributed by atoms with Crippen LogP contribution in [0.3, 0.4) is 0 Å². The lowest BCUT2D eigenvalue weighted by Crippen LogP contribution is -2.40. The van der Waals surface area contributed by atoms with Crippen LogP contribution in [0.25, 0.3) is 11.0 Å². The number of benzene rings is 1. The minimum Gasteiger partial charge on any atom is -0.489 e. The molecule has 2 heterocycles. The number of nitrogens with zero attached hydrogens (tertiary/aromatic N) is 3. The fraction of sp³-hybridized carbons (Fsp3) is 0.364. The van der Waals surface area contributed by atoms with Crippen molar-refractivity contribution in [3.63, 3.8) is 0 Å². The van der Waals surface area contributed by atoms with Crippen molar-refractivity contribution in [3.8, 4) is 5.75 Å². The fourth-order valence-corrected chi connectivity index (χ4v) is 3.38. The van der Waals surface area contributed by atoms with Crippen LogP contribution < -0.4 is 16.0 Å². The highest BCUT2D eigenvalue weighted by Gasteiger charge is 2.20. The first-order chi connectivity index (χ1) is 14.8. The lowest BCUT2D eigenvalue weighted by Gasteiger charge is -2.18. The first kappa shape index (κ1) is 22.2. The number of rotatable bonds is 9. The Labute approximate surface area is 177 Å². The second kappa shape index (κ2) is 9.55. The maximum Gasteiger partial charge on any atom is 0.332 e. The highest BCUT2D eigenvalue weighted by Crippen LogP contribution is 2.27. The van der Waals surface area contributed by atoms with E-state index in [1.54, 1.807) is 19.2 Å². The molecule has 3 aromatic rings. The zero-order chi connectivity index (χ0) is 22.5. The minimum absolute atomic E-state index is 0.0839. The molecule has 3 rings (SSSR count). The van der Waals surface area contributed by atoms with Crippen LogP contribution in [0.1, 0.15) is 31.4 Å². The fourth-order valence-electron chi connectivity index (χ4n) is 3.38. The molecule has 0 aliphatic rings. The predicted octanol–water partition coefficient (Wildman–Crippen LogP) is 2.18. The van der Waals surface area contributed by atoms with Gasteiger partial charge in [0.1, 0.15) is 17.2 Å². The van der Waals surface area contributed by atoms with E-state index in [0.29, 0.717) is 30.6 Å². The Morgan fingerprint density at radius 2 is 1.90 bits per heavy atom. The average Bonchev–Trinajstić information content (AvgIpc) is 2.73. The van der Waals surface area contributed by atoms with Gasteiger partial charge in [0, 0.05) is 25.6 Å². The number of halogens is 1. The van der Waals surface area contributed by atoms with E-state index in [4.69, 9.17) is 4.74 Å². The molecule has 0 unspecified atom stereocenters. The van der Waals surface area contributed by atoms with E-state index in [0.717, 1.165) is 10.1 Å². The number of hydrogen-bond acceptors (Lipinski definition) is 6. The van der Waals surface area contributed by atoms with E-state index in [1.807, 2.05) is 13.8 Å². The van der Waals surface area contributed by atoms with E-state index in [2.05, 4.69) is 9.72 Å². The van der Waals surface area contributed by atoms with Gasteiger partial charge in [-0.25, -0.2) is 14.2 Å². The Morgan fingerprint density at radius 3 is 2.55 bits per heavy atom. The van der Waals surface area contributed by atoms with E-state index in [-0.39, 0.29) is 36.1 Å². The lowest BCUT2D eigenvalue weighted by atomic mass is 10.0. The van der Waals surface area contributed by atoms with Crippen molar-refractivity contribution >= 4 is 17.5 Å². The molecule has 0 atom stereocenters. The lowest BCUT2D eigenvalue weighted by molar-refractivity contribution is -0.128. The molecule has 0 N–H and O–H groups in total. The molecule has 8 nitrogen and oxygen atoms in total. The number of ether oxygens (including phenoxy) is 2. The molecule has 164 valence electrons. The second-order valence-electron chi connectivity index (χ2n) is 7.39. The molecule has 31 heavy (non-hydrogen) atoms. The molecule has 0 spiro atoms. The Hall–Kier alpha value is -3.49. The number of fused-ring (bicyclic) bond motifs is 1. The molecular formula is C22H24FN3O5. The molecule has 0 amide bonds. The van der Waals surface area contributed by atoms with Crippen LogP contribution >= 0.6 is 0 Å². The largest absolute Gasteiger partial charge is 0.489 e. The first-order valence-corrected chi connectivity index (χ1v) is 9.91. The summed E-state index contributed by atoms with van der Waals surface area (Å²) in [6.45, 7) is 4.21. The third-order valence-corrected chi connectivity index (χ3v) is 4.79. The van der Waals surface area contributed by atoms with E-state index in [1.165, 1.54) is 22.9 Å². The smallest absolute Gasteiger partial charge is 0.332 e. The quantitative estimate of drug-likeness (QED) is 0.382. The Kier molecular flexibility index (Phi) is 6.84. The number of hydrogen-bond donors (Lipinski definition) is 0. The van der Waals surface area contributed by atoms with Crippen LogP contribution in [0.4, 0.5) is 4.39 Å². The van der Waals surface area contributed by atoms with Crippen molar-refractivity contribution < 1.29 is 18.7 Å². The molecule has 2 aromatic heterocycles. The second-order valence-corrected chi connectivity index (χ2v) is 7.39. The van der Waals surface area contributed by atoms with Crippen molar-refractivity contribution in [1.29, 1.82) is 0 Å². The SMILES string of the molecule is CC(C)Oc1cnc2c(c1Cc1ccc(F)cc1)c(=O)n(CCCOC=O)c(=O)n2C. The highest BCUT2D eigenvalue weighted by molar-refractivity contribution is 5.81.